The molecular formula is C18H20FNO3S. The number of benzene rings is 1. The van der Waals surface area contributed by atoms with E-state index < -0.39 is 5.97 Å². The minimum Gasteiger partial charge on any atom is -0.465 e. The minimum absolute atomic E-state index is 0.151. The van der Waals surface area contributed by atoms with Gasteiger partial charge in [-0.05, 0) is 30.5 Å². The molecule has 0 atom stereocenters. The van der Waals surface area contributed by atoms with E-state index in [9.17, 15) is 14.0 Å². The maximum Gasteiger partial charge on any atom is 0.341 e. The van der Waals surface area contributed by atoms with Gasteiger partial charge < -0.3 is 10.1 Å². The summed E-state index contributed by atoms with van der Waals surface area (Å²) in [6.07, 6.45) is 0.365. The van der Waals surface area contributed by atoms with Crippen molar-refractivity contribution in [3.8, 4) is 11.1 Å². The third-order valence-electron chi connectivity index (χ3n) is 3.45. The number of carbonyl (C=O) groups excluding carboxylic acids is 2. The number of amides is 1. The van der Waals surface area contributed by atoms with Gasteiger partial charge in [-0.2, -0.15) is 0 Å². The standard InChI is InChI=1S/C18H20FNO3S/c1-10(2)9-14(21)20-17-16(18(22)23-4)15(11(3)24-17)12-5-7-13(19)8-6-12/h5-8,10H,9H2,1-4H3,(H,20,21). The van der Waals surface area contributed by atoms with Crippen LogP contribution in [-0.4, -0.2) is 19.0 Å². The average molecular weight is 349 g/mol. The maximum atomic E-state index is 13.2. The number of carbonyl (C=O) groups is 2. The zero-order valence-electron chi connectivity index (χ0n) is 14.1. The topological polar surface area (TPSA) is 55.4 Å². The molecule has 6 heteroatoms. The smallest absolute Gasteiger partial charge is 0.341 e. The molecule has 0 radical (unpaired) electrons. The minimum atomic E-state index is -0.529. The molecule has 0 bridgehead atoms. The van der Waals surface area contributed by atoms with Crippen molar-refractivity contribution in [2.45, 2.75) is 27.2 Å². The molecule has 1 aromatic heterocycles. The van der Waals surface area contributed by atoms with E-state index in [0.29, 0.717) is 28.1 Å². The molecule has 2 aromatic rings. The highest BCUT2D eigenvalue weighted by molar-refractivity contribution is 7.17. The summed E-state index contributed by atoms with van der Waals surface area (Å²) in [5, 5.41) is 3.27. The second kappa shape index (κ2) is 7.57. The zero-order valence-corrected chi connectivity index (χ0v) is 14.9. The molecule has 4 nitrogen and oxygen atoms in total. The van der Waals surface area contributed by atoms with Crippen molar-refractivity contribution in [2.75, 3.05) is 12.4 Å². The van der Waals surface area contributed by atoms with Crippen LogP contribution in [-0.2, 0) is 9.53 Å². The summed E-state index contributed by atoms with van der Waals surface area (Å²) in [6.45, 7) is 5.75. The Morgan fingerprint density at radius 1 is 1.25 bits per heavy atom. The highest BCUT2D eigenvalue weighted by Gasteiger charge is 2.25. The first-order valence-corrected chi connectivity index (χ1v) is 8.42. The zero-order chi connectivity index (χ0) is 17.9. The van der Waals surface area contributed by atoms with Crippen molar-refractivity contribution in [3.05, 3.63) is 40.5 Å². The normalized spacial score (nSPS) is 10.8. The molecule has 1 amide bonds. The molecule has 1 aromatic carbocycles. The van der Waals surface area contributed by atoms with Crippen LogP contribution in [0.25, 0.3) is 11.1 Å². The van der Waals surface area contributed by atoms with Crippen molar-refractivity contribution >= 4 is 28.2 Å². The fraction of sp³-hybridized carbons (Fsp3) is 0.333. The van der Waals surface area contributed by atoms with Crippen LogP contribution in [0.5, 0.6) is 0 Å². The van der Waals surface area contributed by atoms with Crippen molar-refractivity contribution in [1.29, 1.82) is 0 Å². The first-order valence-electron chi connectivity index (χ1n) is 7.61. The summed E-state index contributed by atoms with van der Waals surface area (Å²) >= 11 is 1.31. The molecule has 0 unspecified atom stereocenters. The highest BCUT2D eigenvalue weighted by Crippen LogP contribution is 2.40. The van der Waals surface area contributed by atoms with E-state index in [-0.39, 0.29) is 17.6 Å². The molecule has 0 aliphatic carbocycles. The van der Waals surface area contributed by atoms with Crippen molar-refractivity contribution in [1.82, 2.24) is 0 Å². The second-order valence-corrected chi connectivity index (χ2v) is 7.11. The molecule has 2 rings (SSSR count). The van der Waals surface area contributed by atoms with Crippen molar-refractivity contribution in [3.63, 3.8) is 0 Å². The average Bonchev–Trinajstić information content (AvgIpc) is 2.82. The summed E-state index contributed by atoms with van der Waals surface area (Å²) in [6, 6.07) is 5.89. The molecule has 0 saturated heterocycles. The third kappa shape index (κ3) is 4.00. The number of nitrogens with one attached hydrogen (secondary N) is 1. The van der Waals surface area contributed by atoms with Crippen LogP contribution in [0.1, 0.15) is 35.5 Å². The number of methoxy groups -OCH3 is 1. The second-order valence-electron chi connectivity index (χ2n) is 5.88. The van der Waals surface area contributed by atoms with Crippen LogP contribution in [0.15, 0.2) is 24.3 Å². The lowest BCUT2D eigenvalue weighted by atomic mass is 10.0. The van der Waals surface area contributed by atoms with Gasteiger partial charge in [0.15, 0.2) is 0 Å². The van der Waals surface area contributed by atoms with E-state index in [4.69, 9.17) is 4.74 Å². The van der Waals surface area contributed by atoms with Gasteiger partial charge in [-0.1, -0.05) is 26.0 Å². The number of esters is 1. The van der Waals surface area contributed by atoms with E-state index in [1.807, 2.05) is 20.8 Å². The Balaban J connectivity index is 2.49. The number of ether oxygens (including phenoxy) is 1. The van der Waals surface area contributed by atoms with Gasteiger partial charge >= 0.3 is 5.97 Å². The lowest BCUT2D eigenvalue weighted by Gasteiger charge is -2.09. The maximum absolute atomic E-state index is 13.2. The fourth-order valence-corrected chi connectivity index (χ4v) is 3.52. The van der Waals surface area contributed by atoms with E-state index in [0.717, 1.165) is 4.88 Å². The number of thiophene rings is 1. The van der Waals surface area contributed by atoms with Gasteiger partial charge in [0.25, 0.3) is 0 Å². The number of halogens is 1. The van der Waals surface area contributed by atoms with Crippen LogP contribution >= 0.6 is 11.3 Å². The number of aryl methyl sites for hydroxylation is 1. The van der Waals surface area contributed by atoms with E-state index in [2.05, 4.69) is 5.32 Å². The Morgan fingerprint density at radius 3 is 2.42 bits per heavy atom. The third-order valence-corrected chi connectivity index (χ3v) is 4.47. The van der Waals surface area contributed by atoms with Gasteiger partial charge in [0.1, 0.15) is 16.4 Å². The molecule has 0 saturated carbocycles. The summed E-state index contributed by atoms with van der Waals surface area (Å²) < 4.78 is 18.1. The highest BCUT2D eigenvalue weighted by atomic mass is 32.1. The summed E-state index contributed by atoms with van der Waals surface area (Å²) in [7, 11) is 1.30. The Labute approximate surface area is 144 Å². The van der Waals surface area contributed by atoms with E-state index in [1.54, 1.807) is 12.1 Å². The Morgan fingerprint density at radius 2 is 1.88 bits per heavy atom. The van der Waals surface area contributed by atoms with Crippen LogP contribution in [0.2, 0.25) is 0 Å². The fourth-order valence-electron chi connectivity index (χ4n) is 2.44. The number of anilines is 1. The summed E-state index contributed by atoms with van der Waals surface area (Å²) in [5.74, 6) is -0.818. The summed E-state index contributed by atoms with van der Waals surface area (Å²) in [4.78, 5) is 25.2. The molecular weight excluding hydrogens is 329 g/mol. The Bertz CT molecular complexity index is 750. The Hall–Kier alpha value is -2.21. The molecule has 128 valence electrons. The van der Waals surface area contributed by atoms with Crippen molar-refractivity contribution in [2.24, 2.45) is 5.92 Å². The summed E-state index contributed by atoms with van der Waals surface area (Å²) in [5.41, 5.74) is 1.67. The SMILES string of the molecule is COC(=O)c1c(NC(=O)CC(C)C)sc(C)c1-c1ccc(F)cc1. The van der Waals surface area contributed by atoms with Gasteiger partial charge in [0.05, 0.1) is 7.11 Å². The molecule has 0 aliphatic heterocycles. The monoisotopic (exact) mass is 349 g/mol. The lowest BCUT2D eigenvalue weighted by Crippen LogP contribution is -2.15. The molecule has 1 heterocycles. The van der Waals surface area contributed by atoms with Crippen molar-refractivity contribution < 1.29 is 18.7 Å². The van der Waals surface area contributed by atoms with Gasteiger partial charge in [0.2, 0.25) is 5.91 Å². The van der Waals surface area contributed by atoms with Gasteiger partial charge in [0, 0.05) is 16.9 Å². The largest absolute Gasteiger partial charge is 0.465 e. The quantitative estimate of drug-likeness (QED) is 0.801. The first-order chi connectivity index (χ1) is 11.3. The van der Waals surface area contributed by atoms with Crippen LogP contribution in [0, 0.1) is 18.7 Å². The first kappa shape index (κ1) is 18.1. The van der Waals surface area contributed by atoms with E-state index in [1.165, 1.54) is 30.6 Å². The number of hydrogen-bond donors (Lipinski definition) is 1. The van der Waals surface area contributed by atoms with Gasteiger partial charge in [-0.3, -0.25) is 4.79 Å². The van der Waals surface area contributed by atoms with Crippen LogP contribution < -0.4 is 5.32 Å². The Kier molecular flexibility index (Phi) is 5.72. The van der Waals surface area contributed by atoms with Crippen LogP contribution in [0.4, 0.5) is 9.39 Å². The predicted molar refractivity (Wildman–Crippen MR) is 93.9 cm³/mol. The number of rotatable bonds is 5. The lowest BCUT2D eigenvalue weighted by molar-refractivity contribution is -0.116. The molecule has 0 spiro atoms. The number of hydrogen-bond acceptors (Lipinski definition) is 4. The predicted octanol–water partition coefficient (Wildman–Crippen LogP) is 4.63. The van der Waals surface area contributed by atoms with Gasteiger partial charge in [-0.15, -0.1) is 11.3 Å². The molecule has 0 aliphatic rings. The molecule has 1 N–H and O–H groups in total. The van der Waals surface area contributed by atoms with Crippen LogP contribution in [0.3, 0.4) is 0 Å². The molecule has 24 heavy (non-hydrogen) atoms. The molecule has 0 fully saturated rings. The van der Waals surface area contributed by atoms with E-state index >= 15 is 0 Å². The van der Waals surface area contributed by atoms with Gasteiger partial charge in [-0.25, -0.2) is 9.18 Å².